The van der Waals surface area contributed by atoms with Gasteiger partial charge in [-0.05, 0) is 23.8 Å². The van der Waals surface area contributed by atoms with Gasteiger partial charge in [0.2, 0.25) is 0 Å². The number of nitro benzene ring substituents is 1. The van der Waals surface area contributed by atoms with E-state index in [1.165, 1.54) is 6.07 Å². The van der Waals surface area contributed by atoms with E-state index in [0.717, 1.165) is 24.0 Å². The molecule has 0 saturated carbocycles. The quantitative estimate of drug-likeness (QED) is 0.302. The van der Waals surface area contributed by atoms with Gasteiger partial charge in [-0.25, -0.2) is 0 Å². The van der Waals surface area contributed by atoms with Crippen molar-refractivity contribution in [2.45, 2.75) is 6.42 Å². The topological polar surface area (TPSA) is 131 Å². The van der Waals surface area contributed by atoms with Gasteiger partial charge in [0.1, 0.15) is 11.4 Å². The van der Waals surface area contributed by atoms with E-state index in [1.54, 1.807) is 25.3 Å². The molecule has 1 aliphatic heterocycles. The summed E-state index contributed by atoms with van der Waals surface area (Å²) in [6, 6.07) is 8.51. The molecule has 1 aromatic heterocycles. The van der Waals surface area contributed by atoms with Crippen LogP contribution in [-0.2, 0) is 6.42 Å². The largest absolute Gasteiger partial charge is 0.495 e. The van der Waals surface area contributed by atoms with E-state index >= 15 is 0 Å². The number of nitro groups is 1. The second-order valence-corrected chi connectivity index (χ2v) is 8.25. The molecule has 2 aromatic carbocycles. The summed E-state index contributed by atoms with van der Waals surface area (Å²) in [5.74, 6) is 1.20. The molecule has 0 atom stereocenters. The van der Waals surface area contributed by atoms with E-state index < -0.39 is 4.92 Å². The van der Waals surface area contributed by atoms with Crippen molar-refractivity contribution < 1.29 is 14.8 Å². The molecule has 3 aromatic rings. The van der Waals surface area contributed by atoms with E-state index in [-0.39, 0.29) is 18.0 Å². The third-order valence-electron chi connectivity index (χ3n) is 5.89. The third kappa shape index (κ3) is 4.63. The zero-order chi connectivity index (χ0) is 23.5. The van der Waals surface area contributed by atoms with Gasteiger partial charge >= 0.3 is 0 Å². The molecule has 0 amide bonds. The molecule has 0 spiro atoms. The molecule has 174 valence electrons. The van der Waals surface area contributed by atoms with Gasteiger partial charge in [0.15, 0.2) is 5.82 Å². The lowest BCUT2D eigenvalue weighted by Gasteiger charge is -2.35. The highest BCUT2D eigenvalue weighted by Gasteiger charge is 2.25. The van der Waals surface area contributed by atoms with E-state index in [4.69, 9.17) is 22.1 Å². The minimum Gasteiger partial charge on any atom is -0.495 e. The van der Waals surface area contributed by atoms with Crippen LogP contribution in [0.25, 0.3) is 10.8 Å². The number of aromatic nitrogens is 2. The number of hydrogen-bond acceptors (Lipinski definition) is 9. The van der Waals surface area contributed by atoms with Crippen molar-refractivity contribution in [3.8, 4) is 5.75 Å². The minimum absolute atomic E-state index is 0.0715. The highest BCUT2D eigenvalue weighted by molar-refractivity contribution is 6.32. The second-order valence-electron chi connectivity index (χ2n) is 7.85. The number of piperazine rings is 1. The SMILES string of the molecule is COc1ccc(Cc2nnc(N3CCN(CCO)CC3)c3ccc([N+](=O)[O-])c(N)c23)cc1Cl. The summed E-state index contributed by atoms with van der Waals surface area (Å²) in [7, 11) is 1.54. The fraction of sp³-hybridized carbons (Fsp3) is 0.364. The maximum Gasteiger partial charge on any atom is 0.292 e. The summed E-state index contributed by atoms with van der Waals surface area (Å²) < 4.78 is 5.21. The van der Waals surface area contributed by atoms with E-state index in [2.05, 4.69) is 20.0 Å². The van der Waals surface area contributed by atoms with Crippen molar-refractivity contribution in [2.24, 2.45) is 0 Å². The number of halogens is 1. The summed E-state index contributed by atoms with van der Waals surface area (Å²) >= 11 is 6.27. The molecule has 0 bridgehead atoms. The van der Waals surface area contributed by atoms with Crippen LogP contribution in [0.1, 0.15) is 11.3 Å². The van der Waals surface area contributed by atoms with Crippen molar-refractivity contribution in [3.63, 3.8) is 0 Å². The lowest BCUT2D eigenvalue weighted by atomic mass is 10.0. The van der Waals surface area contributed by atoms with Crippen molar-refractivity contribution in [1.82, 2.24) is 15.1 Å². The number of methoxy groups -OCH3 is 1. The molecule has 1 saturated heterocycles. The van der Waals surface area contributed by atoms with Crippen molar-refractivity contribution in [1.29, 1.82) is 0 Å². The first-order chi connectivity index (χ1) is 15.9. The van der Waals surface area contributed by atoms with Crippen molar-refractivity contribution in [2.75, 3.05) is 57.1 Å². The summed E-state index contributed by atoms with van der Waals surface area (Å²) in [4.78, 5) is 15.3. The minimum atomic E-state index is -0.490. The number of aliphatic hydroxyl groups excluding tert-OH is 1. The number of nitrogens with zero attached hydrogens (tertiary/aromatic N) is 5. The molecule has 0 unspecified atom stereocenters. The summed E-state index contributed by atoms with van der Waals surface area (Å²) in [5, 5.41) is 31.4. The Hall–Kier alpha value is -3.21. The monoisotopic (exact) mass is 472 g/mol. The molecule has 1 fully saturated rings. The number of nitrogen functional groups attached to an aromatic ring is 1. The number of anilines is 2. The number of benzene rings is 2. The van der Waals surface area contributed by atoms with Gasteiger partial charge in [0.05, 0.1) is 29.4 Å². The number of nitrogens with two attached hydrogens (primary N) is 1. The van der Waals surface area contributed by atoms with Crippen LogP contribution in [0.3, 0.4) is 0 Å². The maximum atomic E-state index is 11.6. The lowest BCUT2D eigenvalue weighted by Crippen LogP contribution is -2.47. The van der Waals surface area contributed by atoms with Crippen LogP contribution < -0.4 is 15.4 Å². The normalized spacial score (nSPS) is 14.6. The molecule has 11 heteroatoms. The molecule has 10 nitrogen and oxygen atoms in total. The first-order valence-corrected chi connectivity index (χ1v) is 10.9. The molecule has 33 heavy (non-hydrogen) atoms. The molecule has 2 heterocycles. The average molecular weight is 473 g/mol. The van der Waals surface area contributed by atoms with Crippen LogP contribution in [0.2, 0.25) is 5.02 Å². The Morgan fingerprint density at radius 3 is 2.61 bits per heavy atom. The van der Waals surface area contributed by atoms with E-state index in [9.17, 15) is 15.2 Å². The van der Waals surface area contributed by atoms with Gasteiger partial charge in [-0.1, -0.05) is 17.7 Å². The summed E-state index contributed by atoms with van der Waals surface area (Å²) in [6.45, 7) is 3.70. The molecule has 3 N–H and O–H groups in total. The number of ether oxygens (including phenoxy) is 1. The van der Waals surface area contributed by atoms with Gasteiger partial charge < -0.3 is 20.5 Å². The summed E-state index contributed by atoms with van der Waals surface area (Å²) in [6.07, 6.45) is 0.350. The lowest BCUT2D eigenvalue weighted by molar-refractivity contribution is -0.383. The van der Waals surface area contributed by atoms with Crippen LogP contribution in [-0.4, -0.2) is 71.6 Å². The zero-order valence-electron chi connectivity index (χ0n) is 18.2. The fourth-order valence-corrected chi connectivity index (χ4v) is 4.45. The second kappa shape index (κ2) is 9.74. The first kappa shape index (κ1) is 23.0. The van der Waals surface area contributed by atoms with Crippen LogP contribution in [0.15, 0.2) is 30.3 Å². The number of rotatable bonds is 7. The Morgan fingerprint density at radius 1 is 1.21 bits per heavy atom. The molecule has 0 aliphatic carbocycles. The maximum absolute atomic E-state index is 11.6. The zero-order valence-corrected chi connectivity index (χ0v) is 19.0. The van der Waals surface area contributed by atoms with Gasteiger partial charge in [-0.3, -0.25) is 15.0 Å². The molecular formula is C22H25ClN6O4. The Balaban J connectivity index is 1.76. The predicted molar refractivity (Wildman–Crippen MR) is 127 cm³/mol. The van der Waals surface area contributed by atoms with Crippen molar-refractivity contribution in [3.05, 3.63) is 56.7 Å². The molecular weight excluding hydrogens is 448 g/mol. The number of β-amino-alcohol motifs (C(OH)–C–C–N with tert-alkyl or cyclic N) is 1. The molecule has 4 rings (SSSR count). The Labute approximate surface area is 195 Å². The number of fused-ring (bicyclic) bond motifs is 1. The average Bonchev–Trinajstić information content (AvgIpc) is 2.80. The number of aliphatic hydroxyl groups is 1. The van der Waals surface area contributed by atoms with Gasteiger partial charge in [0.25, 0.3) is 5.69 Å². The van der Waals surface area contributed by atoms with Crippen molar-refractivity contribution >= 4 is 39.6 Å². The van der Waals surface area contributed by atoms with E-state index in [0.29, 0.717) is 53.7 Å². The van der Waals surface area contributed by atoms with E-state index in [1.807, 2.05) is 6.07 Å². The van der Waals surface area contributed by atoms with Gasteiger partial charge in [-0.2, -0.15) is 5.10 Å². The highest BCUT2D eigenvalue weighted by Crippen LogP contribution is 2.37. The molecule has 0 radical (unpaired) electrons. The highest BCUT2D eigenvalue weighted by atomic mass is 35.5. The smallest absolute Gasteiger partial charge is 0.292 e. The standard InChI is InChI=1S/C22H25ClN6O4/c1-33-19-5-2-14(12-16(19)23)13-17-20-15(3-4-18(21(20)24)29(31)32)22(26-25-17)28-8-6-27(7-9-28)10-11-30/h2-5,12,30H,6-11,13,24H2,1H3. The number of hydrogen-bond donors (Lipinski definition) is 2. The first-order valence-electron chi connectivity index (χ1n) is 10.6. The summed E-state index contributed by atoms with van der Waals surface area (Å²) in [5.41, 5.74) is 7.60. The fourth-order valence-electron chi connectivity index (χ4n) is 4.17. The van der Waals surface area contributed by atoms with Crippen LogP contribution >= 0.6 is 11.6 Å². The Morgan fingerprint density at radius 2 is 1.97 bits per heavy atom. The Kier molecular flexibility index (Phi) is 6.77. The van der Waals surface area contributed by atoms with Gasteiger partial charge in [0, 0.05) is 56.0 Å². The third-order valence-corrected chi connectivity index (χ3v) is 6.19. The molecule has 1 aliphatic rings. The van der Waals surface area contributed by atoms with Gasteiger partial charge in [-0.15, -0.1) is 5.10 Å². The van der Waals surface area contributed by atoms with Crippen LogP contribution in [0.4, 0.5) is 17.2 Å². The van der Waals surface area contributed by atoms with Crippen LogP contribution in [0.5, 0.6) is 5.75 Å². The Bertz CT molecular complexity index is 1180. The van der Waals surface area contributed by atoms with Crippen LogP contribution in [0, 0.1) is 10.1 Å². The predicted octanol–water partition coefficient (Wildman–Crippen LogP) is 2.49.